The summed E-state index contributed by atoms with van der Waals surface area (Å²) in [5, 5.41) is 8.64. The van der Waals surface area contributed by atoms with Crippen LogP contribution in [0.15, 0.2) is 42.5 Å². The van der Waals surface area contributed by atoms with E-state index < -0.39 is 11.8 Å². The van der Waals surface area contributed by atoms with Crippen molar-refractivity contribution >= 4 is 5.97 Å². The van der Waals surface area contributed by atoms with E-state index in [0.717, 1.165) is 5.56 Å². The second-order valence-corrected chi connectivity index (χ2v) is 4.23. The van der Waals surface area contributed by atoms with E-state index in [4.69, 9.17) is 10.00 Å². The van der Waals surface area contributed by atoms with E-state index in [1.54, 1.807) is 30.3 Å². The van der Waals surface area contributed by atoms with Gasteiger partial charge in [-0.25, -0.2) is 9.18 Å². The largest absolute Gasteiger partial charge is 0.489 e. The fourth-order valence-corrected chi connectivity index (χ4v) is 1.70. The number of nitrogens with zero attached hydrogens (tertiary/aromatic N) is 1. The number of ether oxygens (including phenoxy) is 2. The van der Waals surface area contributed by atoms with Crippen molar-refractivity contribution in [3.63, 3.8) is 0 Å². The number of carbonyl (C=O) groups is 1. The number of carbonyl (C=O) groups excluding carboxylic acids is 1. The molecule has 2 aromatic rings. The first kappa shape index (κ1) is 14.5. The summed E-state index contributed by atoms with van der Waals surface area (Å²) < 4.78 is 23.4. The Morgan fingerprint density at radius 3 is 2.52 bits per heavy atom. The van der Waals surface area contributed by atoms with Crippen LogP contribution in [0, 0.1) is 17.1 Å². The Bertz CT molecular complexity index is 690. The van der Waals surface area contributed by atoms with E-state index in [1.165, 1.54) is 25.3 Å². The molecule has 0 spiro atoms. The van der Waals surface area contributed by atoms with Crippen molar-refractivity contribution in [1.82, 2.24) is 0 Å². The van der Waals surface area contributed by atoms with Gasteiger partial charge >= 0.3 is 5.97 Å². The third-order valence-electron chi connectivity index (χ3n) is 2.84. The van der Waals surface area contributed by atoms with Gasteiger partial charge in [0.05, 0.1) is 18.2 Å². The van der Waals surface area contributed by atoms with Crippen LogP contribution in [0.5, 0.6) is 5.75 Å². The second-order valence-electron chi connectivity index (χ2n) is 4.23. The molecule has 0 fully saturated rings. The number of hydrogen-bond donors (Lipinski definition) is 0. The molecule has 0 bridgehead atoms. The van der Waals surface area contributed by atoms with E-state index in [1.807, 2.05) is 0 Å². The molecule has 0 unspecified atom stereocenters. The summed E-state index contributed by atoms with van der Waals surface area (Å²) in [4.78, 5) is 11.3. The zero-order chi connectivity index (χ0) is 15.2. The molecule has 0 radical (unpaired) electrons. The smallest absolute Gasteiger partial charge is 0.337 e. The summed E-state index contributed by atoms with van der Waals surface area (Å²) in [5.74, 6) is -0.684. The van der Waals surface area contributed by atoms with Crippen molar-refractivity contribution in [2.24, 2.45) is 0 Å². The molecule has 0 N–H and O–H groups in total. The number of benzene rings is 2. The number of rotatable bonds is 4. The molecule has 0 atom stereocenters. The van der Waals surface area contributed by atoms with Crippen molar-refractivity contribution in [3.05, 3.63) is 65.0 Å². The van der Waals surface area contributed by atoms with Crippen molar-refractivity contribution in [2.45, 2.75) is 6.61 Å². The lowest BCUT2D eigenvalue weighted by molar-refractivity contribution is 0.0600. The van der Waals surface area contributed by atoms with Crippen LogP contribution in [-0.2, 0) is 11.3 Å². The van der Waals surface area contributed by atoms with Gasteiger partial charge in [-0.3, -0.25) is 0 Å². The average Bonchev–Trinajstić information content (AvgIpc) is 2.52. The van der Waals surface area contributed by atoms with Crippen LogP contribution in [0.1, 0.15) is 21.5 Å². The quantitative estimate of drug-likeness (QED) is 0.810. The summed E-state index contributed by atoms with van der Waals surface area (Å²) in [6, 6.07) is 12.5. The lowest BCUT2D eigenvalue weighted by Crippen LogP contribution is -2.02. The molecule has 2 rings (SSSR count). The molecule has 0 saturated carbocycles. The molecule has 0 heterocycles. The molecule has 5 heteroatoms. The molecular formula is C16H12FNO3. The zero-order valence-electron chi connectivity index (χ0n) is 11.3. The minimum atomic E-state index is -0.615. The summed E-state index contributed by atoms with van der Waals surface area (Å²) in [5.41, 5.74) is 1.25. The predicted molar refractivity (Wildman–Crippen MR) is 73.2 cm³/mol. The highest BCUT2D eigenvalue weighted by molar-refractivity contribution is 5.89. The molecule has 0 aromatic heterocycles. The Hall–Kier alpha value is -2.87. The van der Waals surface area contributed by atoms with Crippen LogP contribution in [0.25, 0.3) is 0 Å². The molecule has 2 aromatic carbocycles. The van der Waals surface area contributed by atoms with Gasteiger partial charge in [0.1, 0.15) is 24.2 Å². The van der Waals surface area contributed by atoms with Crippen molar-refractivity contribution in [2.75, 3.05) is 7.11 Å². The predicted octanol–water partition coefficient (Wildman–Crippen LogP) is 3.06. The summed E-state index contributed by atoms with van der Waals surface area (Å²) in [7, 11) is 1.32. The van der Waals surface area contributed by atoms with Gasteiger partial charge in [0.15, 0.2) is 0 Å². The SMILES string of the molecule is COC(=O)c1ccc(COc2ccc(C#N)c(F)c2)cc1. The van der Waals surface area contributed by atoms with Crippen LogP contribution in [-0.4, -0.2) is 13.1 Å². The third-order valence-corrected chi connectivity index (χ3v) is 2.84. The maximum Gasteiger partial charge on any atom is 0.337 e. The highest BCUT2D eigenvalue weighted by Crippen LogP contribution is 2.17. The average molecular weight is 285 g/mol. The fourth-order valence-electron chi connectivity index (χ4n) is 1.70. The monoisotopic (exact) mass is 285 g/mol. The van der Waals surface area contributed by atoms with Gasteiger partial charge in [-0.1, -0.05) is 12.1 Å². The van der Waals surface area contributed by atoms with E-state index in [-0.39, 0.29) is 12.2 Å². The lowest BCUT2D eigenvalue weighted by atomic mass is 10.1. The Morgan fingerprint density at radius 2 is 1.95 bits per heavy atom. The van der Waals surface area contributed by atoms with E-state index in [9.17, 15) is 9.18 Å². The van der Waals surface area contributed by atoms with Crippen molar-refractivity contribution in [1.29, 1.82) is 5.26 Å². The highest BCUT2D eigenvalue weighted by atomic mass is 19.1. The maximum absolute atomic E-state index is 13.4. The van der Waals surface area contributed by atoms with E-state index in [0.29, 0.717) is 11.3 Å². The van der Waals surface area contributed by atoms with Crippen LogP contribution in [0.4, 0.5) is 4.39 Å². The van der Waals surface area contributed by atoms with Gasteiger partial charge in [0, 0.05) is 6.07 Å². The Kier molecular flexibility index (Phi) is 4.52. The summed E-state index contributed by atoms with van der Waals surface area (Å²) >= 11 is 0. The molecule has 0 amide bonds. The normalized spacial score (nSPS) is 9.76. The molecule has 21 heavy (non-hydrogen) atoms. The molecule has 0 aliphatic heterocycles. The highest BCUT2D eigenvalue weighted by Gasteiger charge is 2.06. The van der Waals surface area contributed by atoms with Crippen LogP contribution >= 0.6 is 0 Å². The molecular weight excluding hydrogens is 273 g/mol. The van der Waals surface area contributed by atoms with Gasteiger partial charge in [-0.05, 0) is 29.8 Å². The van der Waals surface area contributed by atoms with Gasteiger partial charge in [-0.15, -0.1) is 0 Å². The van der Waals surface area contributed by atoms with E-state index in [2.05, 4.69) is 4.74 Å². The number of esters is 1. The van der Waals surface area contributed by atoms with Crippen molar-refractivity contribution < 1.29 is 18.7 Å². The zero-order valence-corrected chi connectivity index (χ0v) is 11.3. The van der Waals surface area contributed by atoms with Gasteiger partial charge < -0.3 is 9.47 Å². The van der Waals surface area contributed by atoms with Crippen LogP contribution < -0.4 is 4.74 Å². The summed E-state index contributed by atoms with van der Waals surface area (Å²) in [6.07, 6.45) is 0. The minimum Gasteiger partial charge on any atom is -0.489 e. The molecule has 106 valence electrons. The number of nitriles is 1. The van der Waals surface area contributed by atoms with Crippen LogP contribution in [0.2, 0.25) is 0 Å². The van der Waals surface area contributed by atoms with Gasteiger partial charge in [0.2, 0.25) is 0 Å². The van der Waals surface area contributed by atoms with Gasteiger partial charge in [-0.2, -0.15) is 5.26 Å². The fraction of sp³-hybridized carbons (Fsp3) is 0.125. The standard InChI is InChI=1S/C16H12FNO3/c1-20-16(19)12-4-2-11(3-5-12)10-21-14-7-6-13(9-18)15(17)8-14/h2-8H,10H2,1H3. The first-order valence-electron chi connectivity index (χ1n) is 6.13. The topological polar surface area (TPSA) is 59.3 Å². The molecule has 0 aliphatic rings. The molecule has 0 saturated heterocycles. The first-order chi connectivity index (χ1) is 10.1. The Balaban J connectivity index is 2.01. The number of halogens is 1. The molecule has 4 nitrogen and oxygen atoms in total. The van der Waals surface area contributed by atoms with E-state index >= 15 is 0 Å². The summed E-state index contributed by atoms with van der Waals surface area (Å²) in [6.45, 7) is 0.229. The Labute approximate surface area is 121 Å². The Morgan fingerprint density at radius 1 is 1.24 bits per heavy atom. The number of methoxy groups -OCH3 is 1. The third kappa shape index (κ3) is 3.57. The van der Waals surface area contributed by atoms with Crippen LogP contribution in [0.3, 0.4) is 0 Å². The minimum absolute atomic E-state index is 0.0234. The van der Waals surface area contributed by atoms with Crippen molar-refractivity contribution in [3.8, 4) is 11.8 Å². The lowest BCUT2D eigenvalue weighted by Gasteiger charge is -2.07. The number of hydrogen-bond acceptors (Lipinski definition) is 4. The van der Waals surface area contributed by atoms with Gasteiger partial charge in [0.25, 0.3) is 0 Å². The second kappa shape index (κ2) is 6.53. The first-order valence-corrected chi connectivity index (χ1v) is 6.13. The maximum atomic E-state index is 13.4. The molecule has 0 aliphatic carbocycles.